The molecule has 3 aromatic rings. The molecule has 2 aromatic heterocycles. The van der Waals surface area contributed by atoms with Gasteiger partial charge in [0.15, 0.2) is 5.03 Å². The molecule has 0 bridgehead atoms. The quantitative estimate of drug-likeness (QED) is 0.637. The van der Waals surface area contributed by atoms with E-state index in [1.165, 1.54) is 6.07 Å². The van der Waals surface area contributed by atoms with Crippen molar-refractivity contribution >= 4 is 55.4 Å². The van der Waals surface area contributed by atoms with Crippen molar-refractivity contribution in [2.24, 2.45) is 0 Å². The highest BCUT2D eigenvalue weighted by atomic mass is 35.5. The van der Waals surface area contributed by atoms with Gasteiger partial charge in [-0.1, -0.05) is 37.0 Å². The fraction of sp³-hybridized carbons (Fsp3) is 0.267. The second-order valence-corrected chi connectivity index (χ2v) is 9.29. The topological polar surface area (TPSA) is 72.8 Å². The molecule has 0 N–H and O–H groups in total. The number of rotatable bonds is 3. The molecule has 1 aromatic carbocycles. The third-order valence-electron chi connectivity index (χ3n) is 3.33. The Labute approximate surface area is 153 Å². The molecule has 9 heteroatoms. The normalized spacial score (nSPS) is 12.2. The molecule has 0 radical (unpaired) electrons. The highest BCUT2D eigenvalue weighted by molar-refractivity contribution is 7.93. The molecule has 2 heterocycles. The van der Waals surface area contributed by atoms with Crippen LogP contribution >= 0.6 is 34.5 Å². The van der Waals surface area contributed by atoms with Gasteiger partial charge in [0.2, 0.25) is 4.34 Å². The summed E-state index contributed by atoms with van der Waals surface area (Å²) < 4.78 is 25.9. The van der Waals surface area contributed by atoms with Crippen molar-refractivity contribution in [2.45, 2.75) is 36.1 Å². The van der Waals surface area contributed by atoms with Crippen molar-refractivity contribution in [3.8, 4) is 0 Å². The number of halogens is 2. The molecule has 0 amide bonds. The standard InChI is InChI=1S/C15H13Cl2N3O2S2/c1-7(2)13-14(24(21,22)15-18-8(3)6-23-15)20-12-5-10(17)9(16)4-11(12)19-13/h4-7H,1-3H3. The first-order valence-electron chi connectivity index (χ1n) is 7.04. The van der Waals surface area contributed by atoms with Crippen molar-refractivity contribution < 1.29 is 8.42 Å². The van der Waals surface area contributed by atoms with Crippen molar-refractivity contribution in [3.63, 3.8) is 0 Å². The lowest BCUT2D eigenvalue weighted by Gasteiger charge is -2.12. The predicted molar refractivity (Wildman–Crippen MR) is 95.9 cm³/mol. The van der Waals surface area contributed by atoms with E-state index in [2.05, 4.69) is 15.0 Å². The zero-order chi connectivity index (χ0) is 17.6. The minimum Gasteiger partial charge on any atom is -0.248 e. The zero-order valence-corrected chi connectivity index (χ0v) is 16.2. The molecule has 24 heavy (non-hydrogen) atoms. The van der Waals surface area contributed by atoms with Crippen LogP contribution in [-0.2, 0) is 9.84 Å². The third kappa shape index (κ3) is 3.01. The smallest absolute Gasteiger partial charge is 0.248 e. The van der Waals surface area contributed by atoms with Gasteiger partial charge in [0.1, 0.15) is 0 Å². The SMILES string of the molecule is Cc1csc(S(=O)(=O)c2nc3cc(Cl)c(Cl)cc3nc2C(C)C)n1. The van der Waals surface area contributed by atoms with E-state index in [-0.39, 0.29) is 15.3 Å². The maximum absolute atomic E-state index is 13.0. The van der Waals surface area contributed by atoms with E-state index in [0.29, 0.717) is 32.5 Å². The first-order chi connectivity index (χ1) is 11.2. The van der Waals surface area contributed by atoms with Crippen LogP contribution in [0.3, 0.4) is 0 Å². The molecule has 0 unspecified atom stereocenters. The van der Waals surface area contributed by atoms with E-state index >= 15 is 0 Å². The summed E-state index contributed by atoms with van der Waals surface area (Å²) in [5.74, 6) is -0.137. The molecular weight excluding hydrogens is 389 g/mol. The summed E-state index contributed by atoms with van der Waals surface area (Å²) in [4.78, 5) is 12.9. The van der Waals surface area contributed by atoms with Crippen LogP contribution in [0.5, 0.6) is 0 Å². The van der Waals surface area contributed by atoms with E-state index in [9.17, 15) is 8.42 Å². The van der Waals surface area contributed by atoms with Gasteiger partial charge in [-0.05, 0) is 25.0 Å². The molecule has 5 nitrogen and oxygen atoms in total. The van der Waals surface area contributed by atoms with E-state index in [1.54, 1.807) is 18.4 Å². The van der Waals surface area contributed by atoms with E-state index in [1.807, 2.05) is 13.8 Å². The number of hydrogen-bond donors (Lipinski definition) is 0. The Balaban J connectivity index is 2.33. The van der Waals surface area contributed by atoms with Gasteiger partial charge in [0.25, 0.3) is 9.84 Å². The Morgan fingerprint density at radius 3 is 2.12 bits per heavy atom. The minimum atomic E-state index is -3.85. The lowest BCUT2D eigenvalue weighted by Crippen LogP contribution is -2.11. The molecule has 0 aliphatic carbocycles. The Morgan fingerprint density at radius 2 is 1.62 bits per heavy atom. The monoisotopic (exact) mass is 401 g/mol. The number of aryl methyl sites for hydroxylation is 1. The summed E-state index contributed by atoms with van der Waals surface area (Å²) in [6.07, 6.45) is 0. The molecule has 3 rings (SSSR count). The molecule has 0 saturated carbocycles. The highest BCUT2D eigenvalue weighted by Gasteiger charge is 2.29. The number of sulfone groups is 1. The van der Waals surface area contributed by atoms with Crippen LogP contribution in [0, 0.1) is 6.92 Å². The maximum atomic E-state index is 13.0. The van der Waals surface area contributed by atoms with E-state index in [0.717, 1.165) is 11.3 Å². The Bertz CT molecular complexity index is 1050. The molecule has 0 aliphatic rings. The summed E-state index contributed by atoms with van der Waals surface area (Å²) >= 11 is 13.1. The average Bonchev–Trinajstić information content (AvgIpc) is 2.94. The fourth-order valence-corrected chi connectivity index (χ4v) is 5.09. The molecule has 0 aliphatic heterocycles. The van der Waals surface area contributed by atoms with Crippen LogP contribution in [0.4, 0.5) is 0 Å². The molecule has 0 saturated heterocycles. The first kappa shape index (κ1) is 17.5. The molecule has 126 valence electrons. The van der Waals surface area contributed by atoms with Crippen LogP contribution < -0.4 is 0 Å². The van der Waals surface area contributed by atoms with Crippen LogP contribution in [0.25, 0.3) is 11.0 Å². The minimum absolute atomic E-state index is 0.00982. The number of fused-ring (bicyclic) bond motifs is 1. The number of benzene rings is 1. The Morgan fingerprint density at radius 1 is 1.04 bits per heavy atom. The van der Waals surface area contributed by atoms with Crippen molar-refractivity contribution in [3.05, 3.63) is 38.9 Å². The fourth-order valence-electron chi connectivity index (χ4n) is 2.16. The predicted octanol–water partition coefficient (Wildman–Crippen LogP) is 4.66. The number of hydrogen-bond acceptors (Lipinski definition) is 6. The van der Waals surface area contributed by atoms with Crippen molar-refractivity contribution in [1.82, 2.24) is 15.0 Å². The summed E-state index contributed by atoms with van der Waals surface area (Å²) in [7, 11) is -3.85. The number of nitrogens with zero attached hydrogens (tertiary/aromatic N) is 3. The first-order valence-corrected chi connectivity index (χ1v) is 10.2. The van der Waals surface area contributed by atoms with Gasteiger partial charge in [-0.15, -0.1) is 11.3 Å². The summed E-state index contributed by atoms with van der Waals surface area (Å²) in [6.45, 7) is 5.46. The molecule has 0 atom stereocenters. The van der Waals surface area contributed by atoms with Crippen molar-refractivity contribution in [2.75, 3.05) is 0 Å². The third-order valence-corrected chi connectivity index (χ3v) is 7.11. The molecular formula is C15H13Cl2N3O2S2. The van der Waals surface area contributed by atoms with Crippen molar-refractivity contribution in [1.29, 1.82) is 0 Å². The van der Waals surface area contributed by atoms with Crippen LogP contribution in [0.1, 0.15) is 31.2 Å². The number of thiazole rings is 1. The summed E-state index contributed by atoms with van der Waals surface area (Å²) in [5, 5.41) is 2.24. The van der Waals surface area contributed by atoms with Gasteiger partial charge in [0, 0.05) is 11.1 Å². The van der Waals surface area contributed by atoms with Gasteiger partial charge in [-0.2, -0.15) is 0 Å². The lowest BCUT2D eigenvalue weighted by molar-refractivity contribution is 0.587. The Kier molecular flexibility index (Phi) is 4.55. The van der Waals surface area contributed by atoms with Gasteiger partial charge in [-0.3, -0.25) is 0 Å². The van der Waals surface area contributed by atoms with Gasteiger partial charge >= 0.3 is 0 Å². The highest BCUT2D eigenvalue weighted by Crippen LogP contribution is 2.32. The molecule has 0 fully saturated rings. The molecule has 0 spiro atoms. The largest absolute Gasteiger partial charge is 0.252 e. The van der Waals surface area contributed by atoms with Gasteiger partial charge < -0.3 is 0 Å². The van der Waals surface area contributed by atoms with Crippen LogP contribution in [-0.4, -0.2) is 23.4 Å². The van der Waals surface area contributed by atoms with Gasteiger partial charge in [0.05, 0.1) is 26.8 Å². The van der Waals surface area contributed by atoms with Crippen LogP contribution in [0.2, 0.25) is 10.0 Å². The maximum Gasteiger partial charge on any atom is 0.252 e. The van der Waals surface area contributed by atoms with E-state index in [4.69, 9.17) is 23.2 Å². The lowest BCUT2D eigenvalue weighted by atomic mass is 10.1. The second-order valence-electron chi connectivity index (χ2n) is 5.58. The van der Waals surface area contributed by atoms with E-state index < -0.39 is 9.84 Å². The summed E-state index contributed by atoms with van der Waals surface area (Å²) in [6, 6.07) is 3.10. The van der Waals surface area contributed by atoms with Crippen LogP contribution in [0.15, 0.2) is 26.9 Å². The second kappa shape index (κ2) is 6.22. The average molecular weight is 402 g/mol. The number of aromatic nitrogens is 3. The van der Waals surface area contributed by atoms with Gasteiger partial charge in [-0.25, -0.2) is 23.4 Å². The zero-order valence-electron chi connectivity index (χ0n) is 13.0. The summed E-state index contributed by atoms with van der Waals surface area (Å²) in [5.41, 5.74) is 1.91. The Hall–Kier alpha value is -1.28.